The number of aromatic nitrogens is 2. The van der Waals surface area contributed by atoms with E-state index < -0.39 is 0 Å². The van der Waals surface area contributed by atoms with E-state index in [0.29, 0.717) is 11.8 Å². The van der Waals surface area contributed by atoms with Crippen molar-refractivity contribution in [2.45, 2.75) is 46.1 Å². The molecule has 0 saturated heterocycles. The van der Waals surface area contributed by atoms with E-state index in [1.807, 2.05) is 103 Å². The standard InChI is InChI=1S/C26H28N3.3C7H7.Zr/c1-18(2)22-11-8-12-23(19(3)4)25(22)27-24-14-13-21-15-16-29(26(21)28-24)17-20-9-6-5-7-10-20;3*1-7-5-3-2-4-6-7;/h5-16,18-19H,17H2,1-4H3;3*2-6H,1H2;/q4*-1;+3. The van der Waals surface area contributed by atoms with Gasteiger partial charge in [0.05, 0.1) is 0 Å². The van der Waals surface area contributed by atoms with Crippen LogP contribution in [0.1, 0.15) is 72.9 Å². The van der Waals surface area contributed by atoms with E-state index >= 15 is 0 Å². The number of pyridine rings is 1. The first-order valence-electron chi connectivity index (χ1n) is 17.2. The third-order valence-corrected chi connectivity index (χ3v) is 7.89. The summed E-state index contributed by atoms with van der Waals surface area (Å²) in [7, 11) is 0. The van der Waals surface area contributed by atoms with Crippen molar-refractivity contribution < 1.29 is 26.2 Å². The van der Waals surface area contributed by atoms with E-state index in [1.54, 1.807) is 0 Å². The average Bonchev–Trinajstić information content (AvgIpc) is 3.52. The van der Waals surface area contributed by atoms with Gasteiger partial charge in [0.2, 0.25) is 0 Å². The molecular weight excluding hydrogens is 698 g/mol. The van der Waals surface area contributed by atoms with E-state index in [4.69, 9.17) is 10.3 Å². The van der Waals surface area contributed by atoms with Crippen molar-refractivity contribution in [3.63, 3.8) is 0 Å². The van der Waals surface area contributed by atoms with E-state index in [0.717, 1.165) is 45.8 Å². The average molecular weight is 747 g/mol. The van der Waals surface area contributed by atoms with Crippen LogP contribution in [0.25, 0.3) is 16.4 Å². The molecule has 0 bridgehead atoms. The van der Waals surface area contributed by atoms with Crippen molar-refractivity contribution in [2.24, 2.45) is 0 Å². The van der Waals surface area contributed by atoms with Crippen LogP contribution in [0.3, 0.4) is 0 Å². The molecular formula is C47H49N3Zr-. The maximum absolute atomic E-state index is 5.04. The number of fused-ring (bicyclic) bond motifs is 1. The van der Waals surface area contributed by atoms with E-state index in [1.165, 1.54) is 16.7 Å². The summed E-state index contributed by atoms with van der Waals surface area (Å²) >= 11 is 0. The zero-order valence-electron chi connectivity index (χ0n) is 30.4. The molecule has 0 amide bonds. The van der Waals surface area contributed by atoms with Gasteiger partial charge in [-0.3, -0.25) is 0 Å². The topological polar surface area (TPSA) is 31.9 Å². The molecule has 4 heteroatoms. The van der Waals surface area contributed by atoms with Crippen molar-refractivity contribution in [2.75, 3.05) is 0 Å². The van der Waals surface area contributed by atoms with Gasteiger partial charge in [-0.05, 0) is 45.7 Å². The molecule has 7 rings (SSSR count). The Labute approximate surface area is 326 Å². The molecule has 257 valence electrons. The Bertz CT molecular complexity index is 1850. The number of hydrogen-bond acceptors (Lipinski definition) is 1. The zero-order chi connectivity index (χ0) is 35.7. The fourth-order valence-electron chi connectivity index (χ4n) is 5.21. The molecule has 2 heterocycles. The first kappa shape index (κ1) is 40.5. The van der Waals surface area contributed by atoms with Crippen LogP contribution in [0.4, 0.5) is 11.5 Å². The molecule has 0 saturated carbocycles. The second-order valence-corrected chi connectivity index (χ2v) is 12.7. The number of hydrogen-bond donors (Lipinski definition) is 0. The van der Waals surface area contributed by atoms with Gasteiger partial charge in [-0.15, -0.1) is 36.4 Å². The third-order valence-electron chi connectivity index (χ3n) is 7.89. The summed E-state index contributed by atoms with van der Waals surface area (Å²) in [6.07, 6.45) is 2.11. The molecule has 0 atom stereocenters. The zero-order valence-corrected chi connectivity index (χ0v) is 32.9. The first-order valence-corrected chi connectivity index (χ1v) is 17.2. The Hall–Kier alpha value is -4.92. The second kappa shape index (κ2) is 21.3. The minimum atomic E-state index is 0. The largest absolute Gasteiger partial charge is 3.00 e. The van der Waals surface area contributed by atoms with E-state index in [2.05, 4.69) is 114 Å². The van der Waals surface area contributed by atoms with Gasteiger partial charge in [0.1, 0.15) is 0 Å². The molecule has 0 spiro atoms. The smallest absolute Gasteiger partial charge is 0.436 e. The van der Waals surface area contributed by atoms with Crippen LogP contribution >= 0.6 is 0 Å². The Kier molecular flexibility index (Phi) is 16.9. The maximum atomic E-state index is 5.04. The molecule has 7 aromatic rings. The van der Waals surface area contributed by atoms with Crippen molar-refractivity contribution in [3.05, 3.63) is 223 Å². The number of benzene rings is 5. The fraction of sp³-hybridized carbons (Fsp3) is 0.149. The summed E-state index contributed by atoms with van der Waals surface area (Å²) in [5.74, 6) is 1.59. The molecule has 0 aliphatic heterocycles. The summed E-state index contributed by atoms with van der Waals surface area (Å²) in [6.45, 7) is 20.9. The van der Waals surface area contributed by atoms with Crippen molar-refractivity contribution in [3.8, 4) is 0 Å². The van der Waals surface area contributed by atoms with Crippen molar-refractivity contribution >= 4 is 22.5 Å². The summed E-state index contributed by atoms with van der Waals surface area (Å²) in [4.78, 5) is 4.92. The monoisotopic (exact) mass is 745 g/mol. The van der Waals surface area contributed by atoms with Gasteiger partial charge >= 0.3 is 26.2 Å². The van der Waals surface area contributed by atoms with Crippen molar-refractivity contribution in [1.82, 2.24) is 9.55 Å². The Morgan fingerprint density at radius 2 is 0.961 bits per heavy atom. The van der Waals surface area contributed by atoms with Crippen LogP contribution in [0.2, 0.25) is 0 Å². The van der Waals surface area contributed by atoms with Crippen LogP contribution in [0.5, 0.6) is 0 Å². The van der Waals surface area contributed by atoms with Crippen LogP contribution < -0.4 is 0 Å². The van der Waals surface area contributed by atoms with Crippen LogP contribution in [0, 0.1) is 20.8 Å². The fourth-order valence-corrected chi connectivity index (χ4v) is 5.21. The Morgan fingerprint density at radius 3 is 1.35 bits per heavy atom. The second-order valence-electron chi connectivity index (χ2n) is 12.7. The SMILES string of the molecule is CC(C)c1cccc(C(C)C)c1[N-]c1ccc2ccn(Cc3ccccc3)c2n1.[CH2-]c1ccccc1.[CH2-]c1ccccc1.[CH2-]c1ccccc1.[Zr+3]. The first-order chi connectivity index (χ1) is 24.2. The number of rotatable bonds is 6. The molecule has 3 nitrogen and oxygen atoms in total. The molecule has 51 heavy (non-hydrogen) atoms. The molecule has 0 N–H and O–H groups in total. The number of para-hydroxylation sites is 1. The van der Waals surface area contributed by atoms with Gasteiger partial charge in [-0.25, -0.2) is 0 Å². The molecule has 0 unspecified atom stereocenters. The predicted octanol–water partition coefficient (Wildman–Crippen LogP) is 13.3. The molecule has 5 aromatic carbocycles. The molecule has 0 aliphatic rings. The predicted molar refractivity (Wildman–Crippen MR) is 215 cm³/mol. The summed E-state index contributed by atoms with van der Waals surface area (Å²) in [6, 6.07) is 52.9. The minimum absolute atomic E-state index is 0. The third kappa shape index (κ3) is 13.4. The van der Waals surface area contributed by atoms with Gasteiger partial charge in [-0.2, -0.15) is 73.9 Å². The minimum Gasteiger partial charge on any atom is -0.436 e. The quantitative estimate of drug-likeness (QED) is 0.156. The number of nitrogens with zero attached hydrogens (tertiary/aromatic N) is 3. The van der Waals surface area contributed by atoms with Crippen molar-refractivity contribution in [1.29, 1.82) is 0 Å². The normalized spacial score (nSPS) is 10.1. The summed E-state index contributed by atoms with van der Waals surface area (Å²) < 4.78 is 2.20. The summed E-state index contributed by atoms with van der Waals surface area (Å²) in [5.41, 5.74) is 9.08. The van der Waals surface area contributed by atoms with Crippen LogP contribution in [-0.4, -0.2) is 9.55 Å². The van der Waals surface area contributed by atoms with E-state index in [-0.39, 0.29) is 26.2 Å². The van der Waals surface area contributed by atoms with Crippen LogP contribution in [-0.2, 0) is 32.7 Å². The molecule has 2 aromatic heterocycles. The van der Waals surface area contributed by atoms with Gasteiger partial charge < -0.3 is 14.9 Å². The molecule has 0 fully saturated rings. The van der Waals surface area contributed by atoms with E-state index in [9.17, 15) is 0 Å². The molecule has 1 radical (unpaired) electrons. The summed E-state index contributed by atoms with van der Waals surface area (Å²) in [5, 5.41) is 6.18. The Morgan fingerprint density at radius 1 is 0.529 bits per heavy atom. The van der Waals surface area contributed by atoms with Gasteiger partial charge in [0, 0.05) is 18.4 Å². The van der Waals surface area contributed by atoms with Crippen LogP contribution in [0.15, 0.2) is 164 Å². The van der Waals surface area contributed by atoms with Gasteiger partial charge in [0.15, 0.2) is 0 Å². The van der Waals surface area contributed by atoms with Gasteiger partial charge in [-0.1, -0.05) is 112 Å². The van der Waals surface area contributed by atoms with Gasteiger partial charge in [0.25, 0.3) is 0 Å². The maximum Gasteiger partial charge on any atom is 3.00 e. The Balaban J connectivity index is 0.000000256. The molecule has 0 aliphatic carbocycles.